The van der Waals surface area contributed by atoms with Crippen molar-refractivity contribution in [1.82, 2.24) is 5.32 Å². The summed E-state index contributed by atoms with van der Waals surface area (Å²) in [5, 5.41) is 3.43. The van der Waals surface area contributed by atoms with Crippen molar-refractivity contribution in [1.29, 1.82) is 0 Å². The van der Waals surface area contributed by atoms with Crippen LogP contribution in [0.4, 0.5) is 0 Å². The molecule has 0 aliphatic carbocycles. The zero-order chi connectivity index (χ0) is 14.0. The van der Waals surface area contributed by atoms with Crippen molar-refractivity contribution < 1.29 is 9.47 Å². The first-order chi connectivity index (χ1) is 9.62. The third-order valence-corrected chi connectivity index (χ3v) is 4.31. The highest BCUT2D eigenvalue weighted by atomic mass is 16.7. The molecule has 110 valence electrons. The summed E-state index contributed by atoms with van der Waals surface area (Å²) in [4.78, 5) is 0. The number of hydrogen-bond acceptors (Lipinski definition) is 3. The van der Waals surface area contributed by atoms with Gasteiger partial charge in [-0.3, -0.25) is 0 Å². The van der Waals surface area contributed by atoms with Crippen LogP contribution in [0.5, 0.6) is 0 Å². The molecule has 0 bridgehead atoms. The second-order valence-electron chi connectivity index (χ2n) is 6.46. The number of piperidine rings is 1. The predicted molar refractivity (Wildman–Crippen MR) is 79.6 cm³/mol. The summed E-state index contributed by atoms with van der Waals surface area (Å²) in [6.45, 7) is 6.94. The van der Waals surface area contributed by atoms with E-state index in [9.17, 15) is 0 Å². The van der Waals surface area contributed by atoms with E-state index in [1.54, 1.807) is 0 Å². The lowest BCUT2D eigenvalue weighted by Crippen LogP contribution is -2.28. The highest BCUT2D eigenvalue weighted by molar-refractivity contribution is 5.26. The molecule has 1 aromatic rings. The Balaban J connectivity index is 1.66. The molecule has 2 fully saturated rings. The van der Waals surface area contributed by atoms with Crippen molar-refractivity contribution in [3.05, 3.63) is 35.4 Å². The molecule has 1 N–H and O–H groups in total. The van der Waals surface area contributed by atoms with Gasteiger partial charge in [0.25, 0.3) is 0 Å². The van der Waals surface area contributed by atoms with Crippen LogP contribution in [-0.4, -0.2) is 25.5 Å². The van der Waals surface area contributed by atoms with Crippen molar-refractivity contribution >= 4 is 0 Å². The maximum absolute atomic E-state index is 5.95. The monoisotopic (exact) mass is 275 g/mol. The zero-order valence-corrected chi connectivity index (χ0v) is 12.5. The molecule has 2 saturated heterocycles. The minimum atomic E-state index is -0.449. The van der Waals surface area contributed by atoms with E-state index in [0.29, 0.717) is 6.61 Å². The summed E-state index contributed by atoms with van der Waals surface area (Å²) < 4.78 is 11.6. The van der Waals surface area contributed by atoms with Crippen LogP contribution in [0.1, 0.15) is 43.9 Å². The molecule has 2 heterocycles. The Bertz CT molecular complexity index is 452. The Morgan fingerprint density at radius 1 is 1.25 bits per heavy atom. The van der Waals surface area contributed by atoms with Crippen LogP contribution in [0.25, 0.3) is 0 Å². The van der Waals surface area contributed by atoms with Crippen LogP contribution in [0, 0.1) is 5.92 Å². The van der Waals surface area contributed by atoms with Gasteiger partial charge in [0.05, 0.1) is 6.61 Å². The lowest BCUT2D eigenvalue weighted by molar-refractivity contribution is -0.139. The van der Waals surface area contributed by atoms with Crippen LogP contribution in [0.2, 0.25) is 0 Å². The second-order valence-corrected chi connectivity index (χ2v) is 6.46. The van der Waals surface area contributed by atoms with Crippen molar-refractivity contribution in [3.63, 3.8) is 0 Å². The van der Waals surface area contributed by atoms with Gasteiger partial charge in [-0.2, -0.15) is 0 Å². The summed E-state index contributed by atoms with van der Waals surface area (Å²) in [7, 11) is 0. The largest absolute Gasteiger partial charge is 0.347 e. The highest BCUT2D eigenvalue weighted by Gasteiger charge is 2.33. The fourth-order valence-electron chi connectivity index (χ4n) is 3.19. The molecule has 20 heavy (non-hydrogen) atoms. The minimum absolute atomic E-state index is 0.0815. The first-order valence-corrected chi connectivity index (χ1v) is 7.74. The quantitative estimate of drug-likeness (QED) is 0.919. The third kappa shape index (κ3) is 3.40. The Labute approximate surface area is 121 Å². The Morgan fingerprint density at radius 3 is 2.75 bits per heavy atom. The second kappa shape index (κ2) is 5.84. The lowest BCUT2D eigenvalue weighted by Gasteiger charge is -2.23. The van der Waals surface area contributed by atoms with Crippen LogP contribution >= 0.6 is 0 Å². The molecule has 3 nitrogen and oxygen atoms in total. The molecule has 0 radical (unpaired) electrons. The van der Waals surface area contributed by atoms with Gasteiger partial charge >= 0.3 is 0 Å². The summed E-state index contributed by atoms with van der Waals surface area (Å²) in [6, 6.07) is 8.85. The van der Waals surface area contributed by atoms with Gasteiger partial charge in [-0.25, -0.2) is 0 Å². The van der Waals surface area contributed by atoms with Gasteiger partial charge in [-0.05, 0) is 63.2 Å². The van der Waals surface area contributed by atoms with E-state index in [-0.39, 0.29) is 6.10 Å². The van der Waals surface area contributed by atoms with Crippen LogP contribution in [0.3, 0.4) is 0 Å². The Morgan fingerprint density at radius 2 is 2.05 bits per heavy atom. The van der Waals surface area contributed by atoms with E-state index in [0.717, 1.165) is 19.0 Å². The van der Waals surface area contributed by atoms with Gasteiger partial charge in [-0.15, -0.1) is 0 Å². The van der Waals surface area contributed by atoms with E-state index < -0.39 is 5.79 Å². The zero-order valence-electron chi connectivity index (χ0n) is 12.5. The summed E-state index contributed by atoms with van der Waals surface area (Å²) >= 11 is 0. The van der Waals surface area contributed by atoms with E-state index >= 15 is 0 Å². The fourth-order valence-corrected chi connectivity index (χ4v) is 3.19. The SMILES string of the molecule is CC1(C)OCC(c2cccc(CC3CCNCC3)c2)O1. The molecule has 1 unspecified atom stereocenters. The Hall–Kier alpha value is -0.900. The lowest BCUT2D eigenvalue weighted by atomic mass is 9.90. The van der Waals surface area contributed by atoms with Crippen molar-refractivity contribution in [2.75, 3.05) is 19.7 Å². The topological polar surface area (TPSA) is 30.5 Å². The van der Waals surface area contributed by atoms with Gasteiger partial charge < -0.3 is 14.8 Å². The maximum atomic E-state index is 5.95. The van der Waals surface area contributed by atoms with E-state index in [2.05, 4.69) is 29.6 Å². The maximum Gasteiger partial charge on any atom is 0.163 e. The van der Waals surface area contributed by atoms with E-state index in [1.165, 1.54) is 30.4 Å². The summed E-state index contributed by atoms with van der Waals surface area (Å²) in [5.41, 5.74) is 2.68. The van der Waals surface area contributed by atoms with Gasteiger partial charge in [-0.1, -0.05) is 24.3 Å². The molecule has 1 aromatic carbocycles. The smallest absolute Gasteiger partial charge is 0.163 e. The normalized spacial score (nSPS) is 26.8. The molecule has 3 heteroatoms. The fraction of sp³-hybridized carbons (Fsp3) is 0.647. The van der Waals surface area contributed by atoms with E-state index in [1.807, 2.05) is 13.8 Å². The number of ether oxygens (including phenoxy) is 2. The van der Waals surface area contributed by atoms with Crippen LogP contribution in [-0.2, 0) is 15.9 Å². The van der Waals surface area contributed by atoms with E-state index in [4.69, 9.17) is 9.47 Å². The summed E-state index contributed by atoms with van der Waals surface area (Å²) in [6.07, 6.45) is 3.85. The molecule has 0 aromatic heterocycles. The molecular formula is C17H25NO2. The average molecular weight is 275 g/mol. The molecule has 2 aliphatic rings. The minimum Gasteiger partial charge on any atom is -0.347 e. The van der Waals surface area contributed by atoms with Crippen LogP contribution in [0.15, 0.2) is 24.3 Å². The first kappa shape index (κ1) is 14.1. The van der Waals surface area contributed by atoms with Crippen molar-refractivity contribution in [3.8, 4) is 0 Å². The molecule has 3 rings (SSSR count). The number of benzene rings is 1. The third-order valence-electron chi connectivity index (χ3n) is 4.31. The van der Waals surface area contributed by atoms with Crippen LogP contribution < -0.4 is 5.32 Å². The van der Waals surface area contributed by atoms with Crippen molar-refractivity contribution in [2.24, 2.45) is 5.92 Å². The first-order valence-electron chi connectivity index (χ1n) is 7.74. The number of hydrogen-bond donors (Lipinski definition) is 1. The predicted octanol–water partition coefficient (Wildman–Crippen LogP) is 3.05. The number of rotatable bonds is 3. The number of nitrogens with one attached hydrogen (secondary N) is 1. The molecule has 2 aliphatic heterocycles. The molecular weight excluding hydrogens is 250 g/mol. The highest BCUT2D eigenvalue weighted by Crippen LogP contribution is 2.33. The molecule has 0 amide bonds. The summed E-state index contributed by atoms with van der Waals surface area (Å²) in [5.74, 6) is 0.374. The standard InChI is InChI=1S/C17H25NO2/c1-17(2)19-12-16(20-17)15-5-3-4-14(11-15)10-13-6-8-18-9-7-13/h3-5,11,13,16,18H,6-10,12H2,1-2H3. The molecule has 1 atom stereocenters. The average Bonchev–Trinajstić information content (AvgIpc) is 2.81. The van der Waals surface area contributed by atoms with Gasteiger partial charge in [0.2, 0.25) is 0 Å². The molecule has 0 spiro atoms. The Kier molecular flexibility index (Phi) is 4.11. The van der Waals surface area contributed by atoms with Gasteiger partial charge in [0.1, 0.15) is 6.10 Å². The molecule has 0 saturated carbocycles. The van der Waals surface area contributed by atoms with Gasteiger partial charge in [0, 0.05) is 0 Å². The van der Waals surface area contributed by atoms with Crippen molar-refractivity contribution in [2.45, 2.75) is 45.0 Å². The van der Waals surface area contributed by atoms with Gasteiger partial charge in [0.15, 0.2) is 5.79 Å².